The highest BCUT2D eigenvalue weighted by atomic mass is 32.1. The van der Waals surface area contributed by atoms with Gasteiger partial charge in [0.05, 0.1) is 13.2 Å². The third-order valence-corrected chi connectivity index (χ3v) is 4.65. The summed E-state index contributed by atoms with van der Waals surface area (Å²) < 4.78 is 18.4. The van der Waals surface area contributed by atoms with Gasteiger partial charge in [-0.3, -0.25) is 4.90 Å². The zero-order valence-electron chi connectivity index (χ0n) is 14.2. The molecule has 1 aliphatic heterocycles. The van der Waals surface area contributed by atoms with Gasteiger partial charge in [0.2, 0.25) is 0 Å². The van der Waals surface area contributed by atoms with Gasteiger partial charge in [0, 0.05) is 41.5 Å². The van der Waals surface area contributed by atoms with Crippen LogP contribution >= 0.6 is 11.3 Å². The minimum Gasteiger partial charge on any atom is -0.405 e. The van der Waals surface area contributed by atoms with Crippen molar-refractivity contribution < 1.29 is 14.0 Å². The SMILES string of the molecule is CC(C)OB(OC(C)C)c1ccc(CCN2CCOCC2)s1. The first-order valence-electron chi connectivity index (χ1n) is 8.24. The fraction of sp³-hybridized carbons (Fsp3) is 0.750. The fourth-order valence-electron chi connectivity index (χ4n) is 2.41. The summed E-state index contributed by atoms with van der Waals surface area (Å²) in [5, 5.41) is 0. The molecule has 0 spiro atoms. The minimum atomic E-state index is -0.248. The highest BCUT2D eigenvalue weighted by Gasteiger charge is 2.26. The van der Waals surface area contributed by atoms with Crippen LogP contribution in [0.1, 0.15) is 32.6 Å². The predicted molar refractivity (Wildman–Crippen MR) is 93.1 cm³/mol. The van der Waals surface area contributed by atoms with Crippen LogP contribution in [0.15, 0.2) is 12.1 Å². The van der Waals surface area contributed by atoms with Crippen LogP contribution < -0.4 is 4.78 Å². The first kappa shape index (κ1) is 18.0. The summed E-state index contributed by atoms with van der Waals surface area (Å²) in [7, 11) is -0.248. The fourth-order valence-corrected chi connectivity index (χ4v) is 3.38. The second-order valence-corrected chi connectivity index (χ2v) is 7.41. The van der Waals surface area contributed by atoms with Crippen LogP contribution in [-0.4, -0.2) is 57.1 Å². The first-order chi connectivity index (χ1) is 10.5. The van der Waals surface area contributed by atoms with E-state index < -0.39 is 0 Å². The summed E-state index contributed by atoms with van der Waals surface area (Å²) in [6, 6.07) is 4.36. The van der Waals surface area contributed by atoms with Gasteiger partial charge in [0.25, 0.3) is 0 Å². The highest BCUT2D eigenvalue weighted by molar-refractivity contribution is 7.22. The van der Waals surface area contributed by atoms with E-state index in [-0.39, 0.29) is 19.3 Å². The largest absolute Gasteiger partial charge is 0.504 e. The number of rotatable bonds is 8. The van der Waals surface area contributed by atoms with E-state index in [1.807, 2.05) is 27.7 Å². The number of hydrogen-bond acceptors (Lipinski definition) is 5. The predicted octanol–water partition coefficient (Wildman–Crippen LogP) is 2.17. The molecule has 6 heteroatoms. The summed E-state index contributed by atoms with van der Waals surface area (Å²) in [5.74, 6) is 0. The van der Waals surface area contributed by atoms with Crippen molar-refractivity contribution >= 4 is 23.2 Å². The van der Waals surface area contributed by atoms with Gasteiger partial charge in [0.1, 0.15) is 0 Å². The Hall–Kier alpha value is -0.395. The Kier molecular flexibility index (Phi) is 7.37. The molecule has 4 nitrogen and oxygen atoms in total. The van der Waals surface area contributed by atoms with Gasteiger partial charge in [-0.15, -0.1) is 11.3 Å². The van der Waals surface area contributed by atoms with E-state index in [0.717, 1.165) is 39.3 Å². The van der Waals surface area contributed by atoms with Crippen molar-refractivity contribution in [2.75, 3.05) is 32.8 Å². The molecule has 0 bridgehead atoms. The second-order valence-electron chi connectivity index (χ2n) is 6.21. The lowest BCUT2D eigenvalue weighted by Gasteiger charge is -2.26. The summed E-state index contributed by atoms with van der Waals surface area (Å²) in [4.78, 5) is 3.86. The average molecular weight is 325 g/mol. The molecule has 0 unspecified atom stereocenters. The van der Waals surface area contributed by atoms with E-state index in [1.54, 1.807) is 11.3 Å². The molecule has 0 atom stereocenters. The molecule has 1 aromatic heterocycles. The van der Waals surface area contributed by atoms with E-state index in [2.05, 4.69) is 17.0 Å². The number of thiophene rings is 1. The van der Waals surface area contributed by atoms with Crippen molar-refractivity contribution in [2.45, 2.75) is 46.3 Å². The van der Waals surface area contributed by atoms with E-state index in [4.69, 9.17) is 14.0 Å². The molecule has 1 aromatic rings. The standard InChI is InChI=1S/C16H28BNO3S/c1-13(2)20-17(21-14(3)4)16-6-5-15(22-16)7-8-18-9-11-19-12-10-18/h5-6,13-14H,7-12H2,1-4H3. The van der Waals surface area contributed by atoms with E-state index in [1.165, 1.54) is 9.65 Å². The van der Waals surface area contributed by atoms with Gasteiger partial charge in [-0.25, -0.2) is 0 Å². The molecule has 0 radical (unpaired) electrons. The van der Waals surface area contributed by atoms with Gasteiger partial charge in [0.15, 0.2) is 0 Å². The Balaban J connectivity index is 1.89. The Morgan fingerprint density at radius 1 is 1.14 bits per heavy atom. The first-order valence-corrected chi connectivity index (χ1v) is 9.06. The van der Waals surface area contributed by atoms with Crippen molar-refractivity contribution in [1.29, 1.82) is 0 Å². The molecule has 0 aliphatic carbocycles. The molecule has 1 saturated heterocycles. The van der Waals surface area contributed by atoms with Crippen LogP contribution in [0, 0.1) is 0 Å². The van der Waals surface area contributed by atoms with Crippen molar-refractivity contribution in [3.63, 3.8) is 0 Å². The third-order valence-electron chi connectivity index (χ3n) is 3.48. The second kappa shape index (κ2) is 9.04. The quantitative estimate of drug-likeness (QED) is 0.686. The summed E-state index contributed by atoms with van der Waals surface area (Å²) >= 11 is 1.81. The Labute approximate surface area is 138 Å². The lowest BCUT2D eigenvalue weighted by atomic mass is 9.86. The van der Waals surface area contributed by atoms with Gasteiger partial charge in [-0.2, -0.15) is 0 Å². The molecule has 2 rings (SSSR count). The Morgan fingerprint density at radius 3 is 2.36 bits per heavy atom. The van der Waals surface area contributed by atoms with Gasteiger partial charge in [-0.1, -0.05) is 6.07 Å². The molecule has 124 valence electrons. The minimum absolute atomic E-state index is 0.155. The molecule has 1 fully saturated rings. The molecule has 0 aromatic carbocycles. The third kappa shape index (κ3) is 6.01. The molecule has 0 saturated carbocycles. The average Bonchev–Trinajstić information content (AvgIpc) is 2.93. The molecular weight excluding hydrogens is 297 g/mol. The topological polar surface area (TPSA) is 30.9 Å². The van der Waals surface area contributed by atoms with E-state index in [9.17, 15) is 0 Å². The smallest absolute Gasteiger partial charge is 0.405 e. The maximum absolute atomic E-state index is 5.92. The maximum Gasteiger partial charge on any atom is 0.504 e. The monoisotopic (exact) mass is 325 g/mol. The zero-order chi connectivity index (χ0) is 15.9. The maximum atomic E-state index is 5.92. The van der Waals surface area contributed by atoms with Crippen LogP contribution in [0.25, 0.3) is 0 Å². The van der Waals surface area contributed by atoms with Crippen molar-refractivity contribution in [3.05, 3.63) is 17.0 Å². The number of nitrogens with zero attached hydrogens (tertiary/aromatic N) is 1. The number of morpholine rings is 1. The summed E-state index contributed by atoms with van der Waals surface area (Å²) in [6.07, 6.45) is 1.39. The van der Waals surface area contributed by atoms with Crippen LogP contribution in [-0.2, 0) is 20.5 Å². The van der Waals surface area contributed by atoms with Crippen LogP contribution in [0.5, 0.6) is 0 Å². The molecule has 22 heavy (non-hydrogen) atoms. The van der Waals surface area contributed by atoms with Crippen molar-refractivity contribution in [1.82, 2.24) is 4.90 Å². The molecule has 0 amide bonds. The zero-order valence-corrected chi connectivity index (χ0v) is 15.0. The summed E-state index contributed by atoms with van der Waals surface area (Å²) in [5.41, 5.74) is 0. The lowest BCUT2D eigenvalue weighted by molar-refractivity contribution is 0.0385. The van der Waals surface area contributed by atoms with E-state index in [0.29, 0.717) is 0 Å². The van der Waals surface area contributed by atoms with Crippen LogP contribution in [0.4, 0.5) is 0 Å². The van der Waals surface area contributed by atoms with Crippen LogP contribution in [0.3, 0.4) is 0 Å². The van der Waals surface area contributed by atoms with Gasteiger partial charge < -0.3 is 14.0 Å². The lowest BCUT2D eigenvalue weighted by Crippen LogP contribution is -2.39. The molecule has 2 heterocycles. The summed E-state index contributed by atoms with van der Waals surface area (Å²) in [6.45, 7) is 13.1. The number of hydrogen-bond donors (Lipinski definition) is 0. The van der Waals surface area contributed by atoms with Crippen molar-refractivity contribution in [3.8, 4) is 0 Å². The molecule has 0 N–H and O–H groups in total. The van der Waals surface area contributed by atoms with Crippen LogP contribution in [0.2, 0.25) is 0 Å². The Morgan fingerprint density at radius 2 is 1.77 bits per heavy atom. The normalized spacial score (nSPS) is 16.6. The number of ether oxygens (including phenoxy) is 1. The Bertz CT molecular complexity index is 423. The van der Waals surface area contributed by atoms with Crippen molar-refractivity contribution in [2.24, 2.45) is 0 Å². The van der Waals surface area contributed by atoms with E-state index >= 15 is 0 Å². The van der Waals surface area contributed by atoms with Gasteiger partial charge >= 0.3 is 7.12 Å². The molecular formula is C16H28BNO3S. The highest BCUT2D eigenvalue weighted by Crippen LogP contribution is 2.13. The molecule has 1 aliphatic rings. The van der Waals surface area contributed by atoms with Gasteiger partial charge in [-0.05, 0) is 40.2 Å².